The molecule has 2 fully saturated rings. The molecule has 0 spiro atoms. The fourth-order valence-electron chi connectivity index (χ4n) is 5.37. The van der Waals surface area contributed by atoms with Crippen molar-refractivity contribution < 1.29 is 0 Å². The number of hydrogen-bond acceptors (Lipinski definition) is 1. The first-order valence-corrected chi connectivity index (χ1v) is 11.8. The molecule has 1 aromatic carbocycles. The Bertz CT molecular complexity index is 565. The molecule has 148 valence electrons. The van der Waals surface area contributed by atoms with Crippen molar-refractivity contribution in [3.05, 3.63) is 35.4 Å². The summed E-state index contributed by atoms with van der Waals surface area (Å²) in [5, 5.41) is 9.06. The van der Waals surface area contributed by atoms with Crippen LogP contribution in [-0.2, 0) is 6.42 Å². The van der Waals surface area contributed by atoms with Crippen LogP contribution in [0.15, 0.2) is 24.3 Å². The normalized spacial score (nSPS) is 28.6. The topological polar surface area (TPSA) is 23.8 Å². The standard InChI is InChI=1S/C26H39N/c1-2-3-4-5-21-6-8-22(9-7-21)10-11-23-12-16-25(17-13-23)26-18-14-24(20-27)15-19-26/h12-13,16-17,21-22,24,26H,2-11,14-15,18-19H2,1H3. The van der Waals surface area contributed by atoms with Gasteiger partial charge in [0.15, 0.2) is 0 Å². The minimum Gasteiger partial charge on any atom is -0.198 e. The highest BCUT2D eigenvalue weighted by molar-refractivity contribution is 5.26. The first kappa shape index (κ1) is 20.4. The minimum atomic E-state index is 0.308. The lowest BCUT2D eigenvalue weighted by Crippen LogP contribution is -2.15. The Balaban J connectivity index is 1.37. The monoisotopic (exact) mass is 365 g/mol. The molecule has 0 heterocycles. The molecular formula is C26H39N. The Morgan fingerprint density at radius 1 is 0.815 bits per heavy atom. The molecule has 0 bridgehead atoms. The van der Waals surface area contributed by atoms with Gasteiger partial charge in [-0.05, 0) is 67.4 Å². The Morgan fingerprint density at radius 2 is 1.44 bits per heavy atom. The summed E-state index contributed by atoms with van der Waals surface area (Å²) in [6, 6.07) is 11.9. The molecule has 0 aromatic heterocycles. The third-order valence-electron chi connectivity index (χ3n) is 7.38. The summed E-state index contributed by atoms with van der Waals surface area (Å²) in [6.07, 6.45) is 18.8. The van der Waals surface area contributed by atoms with Crippen LogP contribution < -0.4 is 0 Å². The third-order valence-corrected chi connectivity index (χ3v) is 7.38. The Labute approximate surface area is 167 Å². The van der Waals surface area contributed by atoms with Crippen molar-refractivity contribution in [1.29, 1.82) is 5.26 Å². The molecule has 2 aliphatic carbocycles. The van der Waals surface area contributed by atoms with E-state index in [0.29, 0.717) is 11.8 Å². The number of nitriles is 1. The predicted molar refractivity (Wildman–Crippen MR) is 115 cm³/mol. The van der Waals surface area contributed by atoms with Gasteiger partial charge in [0.05, 0.1) is 6.07 Å². The van der Waals surface area contributed by atoms with Crippen molar-refractivity contribution in [3.63, 3.8) is 0 Å². The lowest BCUT2D eigenvalue weighted by Gasteiger charge is -2.28. The van der Waals surface area contributed by atoms with Gasteiger partial charge in [-0.1, -0.05) is 82.6 Å². The average Bonchev–Trinajstić information content (AvgIpc) is 2.74. The van der Waals surface area contributed by atoms with Gasteiger partial charge in [0, 0.05) is 5.92 Å². The van der Waals surface area contributed by atoms with E-state index >= 15 is 0 Å². The summed E-state index contributed by atoms with van der Waals surface area (Å²) >= 11 is 0. The minimum absolute atomic E-state index is 0.308. The molecular weight excluding hydrogens is 326 g/mol. The van der Waals surface area contributed by atoms with E-state index in [0.717, 1.165) is 24.7 Å². The average molecular weight is 366 g/mol. The van der Waals surface area contributed by atoms with Gasteiger partial charge in [0.2, 0.25) is 0 Å². The summed E-state index contributed by atoms with van der Waals surface area (Å²) < 4.78 is 0. The molecule has 3 rings (SSSR count). The zero-order valence-electron chi connectivity index (χ0n) is 17.5. The number of benzene rings is 1. The molecule has 1 nitrogen and oxygen atoms in total. The third kappa shape index (κ3) is 6.38. The zero-order chi connectivity index (χ0) is 18.9. The van der Waals surface area contributed by atoms with E-state index < -0.39 is 0 Å². The fourth-order valence-corrected chi connectivity index (χ4v) is 5.37. The molecule has 2 aliphatic rings. The SMILES string of the molecule is CCCCCC1CCC(CCc2ccc(C3CCC(C#N)CC3)cc2)CC1. The summed E-state index contributed by atoms with van der Waals surface area (Å²) in [5.41, 5.74) is 3.03. The van der Waals surface area contributed by atoms with Crippen LogP contribution in [0.2, 0.25) is 0 Å². The molecule has 0 radical (unpaired) electrons. The molecule has 0 saturated heterocycles. The van der Waals surface area contributed by atoms with E-state index in [2.05, 4.69) is 37.3 Å². The van der Waals surface area contributed by atoms with Crippen molar-refractivity contribution in [1.82, 2.24) is 0 Å². The van der Waals surface area contributed by atoms with Crippen LogP contribution in [0.25, 0.3) is 0 Å². The van der Waals surface area contributed by atoms with Crippen LogP contribution in [0.5, 0.6) is 0 Å². The van der Waals surface area contributed by atoms with E-state index in [1.807, 2.05) is 0 Å². The lowest BCUT2D eigenvalue weighted by molar-refractivity contribution is 0.249. The number of hydrogen-bond donors (Lipinski definition) is 0. The molecule has 0 N–H and O–H groups in total. The van der Waals surface area contributed by atoms with Gasteiger partial charge < -0.3 is 0 Å². The molecule has 0 unspecified atom stereocenters. The first-order chi connectivity index (χ1) is 13.3. The molecule has 1 heteroatoms. The van der Waals surface area contributed by atoms with Crippen LogP contribution in [0, 0.1) is 29.1 Å². The maximum Gasteiger partial charge on any atom is 0.0655 e. The largest absolute Gasteiger partial charge is 0.198 e. The molecule has 0 amide bonds. The van der Waals surface area contributed by atoms with Crippen LogP contribution in [-0.4, -0.2) is 0 Å². The fraction of sp³-hybridized carbons (Fsp3) is 0.731. The van der Waals surface area contributed by atoms with Gasteiger partial charge >= 0.3 is 0 Å². The summed E-state index contributed by atoms with van der Waals surface area (Å²) in [6.45, 7) is 2.31. The summed E-state index contributed by atoms with van der Waals surface area (Å²) in [5.74, 6) is 2.99. The smallest absolute Gasteiger partial charge is 0.0655 e. The maximum absolute atomic E-state index is 9.06. The number of nitrogens with zero attached hydrogens (tertiary/aromatic N) is 1. The second-order valence-corrected chi connectivity index (χ2v) is 9.34. The zero-order valence-corrected chi connectivity index (χ0v) is 17.5. The summed E-state index contributed by atoms with van der Waals surface area (Å²) in [4.78, 5) is 0. The number of rotatable bonds is 8. The second-order valence-electron chi connectivity index (χ2n) is 9.34. The molecule has 0 aliphatic heterocycles. The number of unbranched alkanes of at least 4 members (excludes halogenated alkanes) is 2. The van der Waals surface area contributed by atoms with Crippen LogP contribution in [0.1, 0.15) is 107 Å². The van der Waals surface area contributed by atoms with Crippen molar-refractivity contribution >= 4 is 0 Å². The first-order valence-electron chi connectivity index (χ1n) is 11.8. The molecule has 2 saturated carbocycles. The van der Waals surface area contributed by atoms with Gasteiger partial charge in [-0.25, -0.2) is 0 Å². The van der Waals surface area contributed by atoms with E-state index in [9.17, 15) is 0 Å². The van der Waals surface area contributed by atoms with Crippen molar-refractivity contribution in [3.8, 4) is 6.07 Å². The summed E-state index contributed by atoms with van der Waals surface area (Å²) in [7, 11) is 0. The predicted octanol–water partition coefficient (Wildman–Crippen LogP) is 7.80. The second kappa shape index (κ2) is 10.9. The van der Waals surface area contributed by atoms with Gasteiger partial charge in [-0.2, -0.15) is 5.26 Å². The van der Waals surface area contributed by atoms with Gasteiger partial charge in [-0.3, -0.25) is 0 Å². The highest BCUT2D eigenvalue weighted by atomic mass is 14.3. The number of aryl methyl sites for hydroxylation is 1. The molecule has 1 aromatic rings. The van der Waals surface area contributed by atoms with E-state index in [1.165, 1.54) is 88.2 Å². The Morgan fingerprint density at radius 3 is 2.04 bits per heavy atom. The van der Waals surface area contributed by atoms with Gasteiger partial charge in [0.25, 0.3) is 0 Å². The van der Waals surface area contributed by atoms with Crippen molar-refractivity contribution in [2.24, 2.45) is 17.8 Å². The lowest BCUT2D eigenvalue weighted by atomic mass is 9.77. The van der Waals surface area contributed by atoms with E-state index in [-0.39, 0.29) is 0 Å². The quantitative estimate of drug-likeness (QED) is 0.431. The highest BCUT2D eigenvalue weighted by Crippen LogP contribution is 2.36. The molecule has 27 heavy (non-hydrogen) atoms. The van der Waals surface area contributed by atoms with Crippen LogP contribution >= 0.6 is 0 Å². The van der Waals surface area contributed by atoms with E-state index in [4.69, 9.17) is 5.26 Å². The van der Waals surface area contributed by atoms with Crippen molar-refractivity contribution in [2.45, 2.75) is 103 Å². The van der Waals surface area contributed by atoms with Gasteiger partial charge in [-0.15, -0.1) is 0 Å². The maximum atomic E-state index is 9.06. The van der Waals surface area contributed by atoms with Gasteiger partial charge in [0.1, 0.15) is 0 Å². The van der Waals surface area contributed by atoms with Crippen molar-refractivity contribution in [2.75, 3.05) is 0 Å². The Kier molecular flexibility index (Phi) is 8.25. The van der Waals surface area contributed by atoms with E-state index in [1.54, 1.807) is 0 Å². The molecule has 0 atom stereocenters. The highest BCUT2D eigenvalue weighted by Gasteiger charge is 2.22. The van der Waals surface area contributed by atoms with Crippen LogP contribution in [0.4, 0.5) is 0 Å². The Hall–Kier alpha value is -1.29. The van der Waals surface area contributed by atoms with Crippen LogP contribution in [0.3, 0.4) is 0 Å².